The van der Waals surface area contributed by atoms with Gasteiger partial charge in [-0.2, -0.15) is 18.2 Å². The highest BCUT2D eigenvalue weighted by Crippen LogP contribution is 2.29. The number of carbonyl (C=O) groups is 1. The molecule has 1 unspecified atom stereocenters. The van der Waals surface area contributed by atoms with Crippen molar-refractivity contribution in [2.75, 3.05) is 6.61 Å². The number of nitrogens with one attached hydrogen (secondary N) is 1. The zero-order chi connectivity index (χ0) is 17.7. The van der Waals surface area contributed by atoms with Crippen LogP contribution >= 0.6 is 0 Å². The van der Waals surface area contributed by atoms with Crippen LogP contribution in [0.1, 0.15) is 26.2 Å². The Morgan fingerprint density at radius 2 is 2.00 bits per heavy atom. The Morgan fingerprint density at radius 3 is 2.54 bits per heavy atom. The first-order valence-electron chi connectivity index (χ1n) is 7.23. The molecule has 0 saturated heterocycles. The minimum absolute atomic E-state index is 0.0598. The Kier molecular flexibility index (Phi) is 5.42. The second-order valence-corrected chi connectivity index (χ2v) is 5.11. The lowest BCUT2D eigenvalue weighted by molar-refractivity contribution is -0.159. The van der Waals surface area contributed by atoms with Crippen molar-refractivity contribution < 1.29 is 27.2 Å². The summed E-state index contributed by atoms with van der Waals surface area (Å²) in [4.78, 5) is 14.9. The summed E-state index contributed by atoms with van der Waals surface area (Å²) in [6.45, 7) is 3.68. The predicted octanol–water partition coefficient (Wildman–Crippen LogP) is 3.05. The minimum Gasteiger partial charge on any atom is -0.484 e. The quantitative estimate of drug-likeness (QED) is 0.872. The molecule has 1 atom stereocenters. The number of aromatic nitrogens is 2. The smallest absolute Gasteiger partial charge is 0.471 e. The van der Waals surface area contributed by atoms with Crippen molar-refractivity contribution in [3.8, 4) is 17.1 Å². The molecule has 1 N–H and O–H groups in total. The van der Waals surface area contributed by atoms with Crippen LogP contribution in [-0.4, -0.2) is 28.7 Å². The maximum atomic E-state index is 12.4. The van der Waals surface area contributed by atoms with E-state index in [9.17, 15) is 18.0 Å². The molecule has 1 heterocycles. The summed E-state index contributed by atoms with van der Waals surface area (Å²) in [6.07, 6.45) is -3.87. The number of amides is 1. The zero-order valence-electron chi connectivity index (χ0n) is 13.1. The first kappa shape index (κ1) is 17.8. The normalized spacial score (nSPS) is 12.7. The standard InChI is InChI=1S/C15H16F3N3O3/c1-3-9(2)19-12(22)8-23-11-6-4-10(5-7-11)13-20-14(24-21-13)15(16,17)18/h4-7,9H,3,8H2,1-2H3,(H,19,22). The van der Waals surface area contributed by atoms with Crippen molar-refractivity contribution in [1.29, 1.82) is 0 Å². The molecule has 6 nitrogen and oxygen atoms in total. The zero-order valence-corrected chi connectivity index (χ0v) is 13.1. The third-order valence-corrected chi connectivity index (χ3v) is 3.17. The van der Waals surface area contributed by atoms with Gasteiger partial charge in [0.25, 0.3) is 5.91 Å². The molecular formula is C15H16F3N3O3. The van der Waals surface area contributed by atoms with Crippen LogP contribution in [0.4, 0.5) is 13.2 Å². The van der Waals surface area contributed by atoms with Crippen LogP contribution in [0.2, 0.25) is 0 Å². The maximum absolute atomic E-state index is 12.4. The molecule has 0 radical (unpaired) electrons. The molecule has 9 heteroatoms. The molecule has 0 aliphatic heterocycles. The van der Waals surface area contributed by atoms with Gasteiger partial charge in [0, 0.05) is 11.6 Å². The molecule has 1 aromatic carbocycles. The number of nitrogens with zero attached hydrogens (tertiary/aromatic N) is 2. The fourth-order valence-electron chi connectivity index (χ4n) is 1.72. The van der Waals surface area contributed by atoms with E-state index in [0.717, 1.165) is 6.42 Å². The van der Waals surface area contributed by atoms with Crippen LogP contribution in [0.15, 0.2) is 28.8 Å². The highest BCUT2D eigenvalue weighted by atomic mass is 19.4. The van der Waals surface area contributed by atoms with Gasteiger partial charge in [-0.3, -0.25) is 4.79 Å². The lowest BCUT2D eigenvalue weighted by atomic mass is 10.2. The van der Waals surface area contributed by atoms with Crippen LogP contribution in [-0.2, 0) is 11.0 Å². The number of hydrogen-bond acceptors (Lipinski definition) is 5. The predicted molar refractivity (Wildman–Crippen MR) is 78.1 cm³/mol. The lowest BCUT2D eigenvalue weighted by Crippen LogP contribution is -2.35. The molecule has 2 aromatic rings. The monoisotopic (exact) mass is 343 g/mol. The Balaban J connectivity index is 1.96. The van der Waals surface area contributed by atoms with Crippen LogP contribution in [0, 0.1) is 0 Å². The molecule has 1 amide bonds. The average molecular weight is 343 g/mol. The second kappa shape index (κ2) is 7.33. The van der Waals surface area contributed by atoms with Gasteiger partial charge >= 0.3 is 12.1 Å². The van der Waals surface area contributed by atoms with E-state index < -0.39 is 12.1 Å². The Bertz CT molecular complexity index is 683. The highest BCUT2D eigenvalue weighted by molar-refractivity contribution is 5.77. The number of halogens is 3. The van der Waals surface area contributed by atoms with Gasteiger partial charge < -0.3 is 14.6 Å². The summed E-state index contributed by atoms with van der Waals surface area (Å²) in [5.41, 5.74) is 0.339. The molecule has 0 saturated carbocycles. The van der Waals surface area contributed by atoms with Crippen LogP contribution in [0.3, 0.4) is 0 Å². The number of rotatable bonds is 6. The Hall–Kier alpha value is -2.58. The van der Waals surface area contributed by atoms with E-state index in [-0.39, 0.29) is 24.4 Å². The van der Waals surface area contributed by atoms with Gasteiger partial charge in [-0.25, -0.2) is 0 Å². The molecule has 2 rings (SSSR count). The summed E-state index contributed by atoms with van der Waals surface area (Å²) < 4.78 is 46.7. The molecular weight excluding hydrogens is 327 g/mol. The highest BCUT2D eigenvalue weighted by Gasteiger charge is 2.38. The minimum atomic E-state index is -4.68. The van der Waals surface area contributed by atoms with E-state index in [0.29, 0.717) is 11.3 Å². The van der Waals surface area contributed by atoms with Gasteiger partial charge in [0.2, 0.25) is 5.82 Å². The summed E-state index contributed by atoms with van der Waals surface area (Å²) >= 11 is 0. The Morgan fingerprint density at radius 1 is 1.33 bits per heavy atom. The summed E-state index contributed by atoms with van der Waals surface area (Å²) in [7, 11) is 0. The van der Waals surface area contributed by atoms with Crippen molar-refractivity contribution in [1.82, 2.24) is 15.5 Å². The van der Waals surface area contributed by atoms with Gasteiger partial charge in [-0.05, 0) is 37.6 Å². The maximum Gasteiger partial charge on any atom is 0.471 e. The van der Waals surface area contributed by atoms with Gasteiger partial charge in [0.05, 0.1) is 0 Å². The molecule has 24 heavy (non-hydrogen) atoms. The number of hydrogen-bond donors (Lipinski definition) is 1. The van der Waals surface area contributed by atoms with Crippen molar-refractivity contribution in [2.45, 2.75) is 32.5 Å². The van der Waals surface area contributed by atoms with Crippen molar-refractivity contribution in [2.24, 2.45) is 0 Å². The first-order chi connectivity index (χ1) is 11.3. The number of alkyl halides is 3. The third kappa shape index (κ3) is 4.71. The van der Waals surface area contributed by atoms with Crippen molar-refractivity contribution in [3.63, 3.8) is 0 Å². The molecule has 0 aliphatic carbocycles. The fourth-order valence-corrected chi connectivity index (χ4v) is 1.72. The van der Waals surface area contributed by atoms with E-state index in [2.05, 4.69) is 20.0 Å². The molecule has 0 spiro atoms. The number of ether oxygens (including phenoxy) is 1. The number of carbonyl (C=O) groups excluding carboxylic acids is 1. The average Bonchev–Trinajstić information content (AvgIpc) is 3.03. The second-order valence-electron chi connectivity index (χ2n) is 5.11. The lowest BCUT2D eigenvalue weighted by Gasteiger charge is -2.12. The molecule has 0 fully saturated rings. The van der Waals surface area contributed by atoms with Gasteiger partial charge in [0.1, 0.15) is 5.75 Å². The summed E-state index contributed by atoms with van der Waals surface area (Å²) in [6, 6.07) is 6.04. The van der Waals surface area contributed by atoms with Crippen molar-refractivity contribution >= 4 is 5.91 Å². The van der Waals surface area contributed by atoms with Gasteiger partial charge in [-0.15, -0.1) is 0 Å². The molecule has 0 aliphatic rings. The van der Waals surface area contributed by atoms with E-state index >= 15 is 0 Å². The molecule has 0 bridgehead atoms. The topological polar surface area (TPSA) is 77.2 Å². The SMILES string of the molecule is CCC(C)NC(=O)COc1ccc(-c2noc(C(F)(F)F)n2)cc1. The summed E-state index contributed by atoms with van der Waals surface area (Å²) in [5.74, 6) is -1.43. The van der Waals surface area contributed by atoms with Gasteiger partial charge in [0.15, 0.2) is 6.61 Å². The summed E-state index contributed by atoms with van der Waals surface area (Å²) in [5, 5.41) is 6.04. The fraction of sp³-hybridized carbons (Fsp3) is 0.400. The van der Waals surface area contributed by atoms with E-state index in [1.165, 1.54) is 24.3 Å². The van der Waals surface area contributed by atoms with Gasteiger partial charge in [-0.1, -0.05) is 12.1 Å². The first-order valence-corrected chi connectivity index (χ1v) is 7.23. The van der Waals surface area contributed by atoms with E-state index in [1.807, 2.05) is 13.8 Å². The van der Waals surface area contributed by atoms with E-state index in [4.69, 9.17) is 4.74 Å². The van der Waals surface area contributed by atoms with Crippen molar-refractivity contribution in [3.05, 3.63) is 30.2 Å². The van der Waals surface area contributed by atoms with E-state index in [1.54, 1.807) is 0 Å². The Labute approximate surface area is 136 Å². The van der Waals surface area contributed by atoms with Crippen LogP contribution in [0.5, 0.6) is 5.75 Å². The van der Waals surface area contributed by atoms with Crippen LogP contribution < -0.4 is 10.1 Å². The number of benzene rings is 1. The van der Waals surface area contributed by atoms with Crippen LogP contribution in [0.25, 0.3) is 11.4 Å². The largest absolute Gasteiger partial charge is 0.484 e. The third-order valence-electron chi connectivity index (χ3n) is 3.17. The molecule has 1 aromatic heterocycles. The molecule has 130 valence electrons.